The maximum atomic E-state index is 12.2. The summed E-state index contributed by atoms with van der Waals surface area (Å²) in [6.07, 6.45) is 5.04. The second kappa shape index (κ2) is 5.50. The molecule has 0 radical (unpaired) electrons. The van der Waals surface area contributed by atoms with Crippen LogP contribution in [0.4, 0.5) is 0 Å². The van der Waals surface area contributed by atoms with Crippen LogP contribution in [0.25, 0.3) is 4.91 Å². The number of aliphatic imine (C=N–C) groups is 2. The van der Waals surface area contributed by atoms with Crippen molar-refractivity contribution in [2.45, 2.75) is 25.1 Å². The highest BCUT2D eigenvalue weighted by molar-refractivity contribution is 8.10. The van der Waals surface area contributed by atoms with Crippen molar-refractivity contribution in [3.8, 4) is 0 Å². The summed E-state index contributed by atoms with van der Waals surface area (Å²) >= 11 is 1.42. The highest BCUT2D eigenvalue weighted by atomic mass is 32.2. The first-order chi connectivity index (χ1) is 10.1. The molecule has 0 aliphatic carbocycles. The number of amides is 1. The fraction of sp³-hybridized carbons (Fsp3) is 0.357. The minimum atomic E-state index is -0.377. The molecule has 0 saturated carbocycles. The molecule has 3 rings (SSSR count). The lowest BCUT2D eigenvalue weighted by atomic mass is 10.0. The summed E-state index contributed by atoms with van der Waals surface area (Å²) in [5, 5.41) is -0.377. The molecule has 21 heavy (non-hydrogen) atoms. The molecule has 1 unspecified atom stereocenters. The van der Waals surface area contributed by atoms with E-state index in [0.717, 1.165) is 10.6 Å². The summed E-state index contributed by atoms with van der Waals surface area (Å²) in [7, 11) is 0. The minimum absolute atomic E-state index is 0.178. The van der Waals surface area contributed by atoms with Gasteiger partial charge in [0, 0.05) is 11.1 Å². The van der Waals surface area contributed by atoms with Gasteiger partial charge in [-0.2, -0.15) is 4.99 Å². The van der Waals surface area contributed by atoms with Crippen LogP contribution in [0.1, 0.15) is 19.5 Å². The number of carbonyl (C=O) groups excluding carboxylic acids is 1. The average Bonchev–Trinajstić information content (AvgIpc) is 2.92. The number of amidine groups is 1. The van der Waals surface area contributed by atoms with Gasteiger partial charge in [0.05, 0.1) is 17.4 Å². The van der Waals surface area contributed by atoms with E-state index in [4.69, 9.17) is 5.73 Å². The van der Waals surface area contributed by atoms with E-state index >= 15 is 0 Å². The molecule has 2 N–H and O–H groups in total. The lowest BCUT2D eigenvalue weighted by Gasteiger charge is -2.19. The van der Waals surface area contributed by atoms with Crippen LogP contribution in [0, 0.1) is 5.92 Å². The monoisotopic (exact) mass is 301 g/mol. The Kier molecular flexibility index (Phi) is 3.69. The number of fused-ring (bicyclic) bond motifs is 1. The van der Waals surface area contributed by atoms with Gasteiger partial charge in [0.15, 0.2) is 0 Å². The van der Waals surface area contributed by atoms with Crippen molar-refractivity contribution in [3.05, 3.63) is 30.4 Å². The normalized spacial score (nSPS) is 22.6. The largest absolute Gasteiger partial charge is 0.321 e. The van der Waals surface area contributed by atoms with E-state index < -0.39 is 0 Å². The van der Waals surface area contributed by atoms with Crippen molar-refractivity contribution in [2.24, 2.45) is 21.6 Å². The van der Waals surface area contributed by atoms with Crippen LogP contribution in [-0.4, -0.2) is 38.7 Å². The first kappa shape index (κ1) is 14.1. The molecule has 0 saturated heterocycles. The number of nitrogens with zero attached hydrogens (tertiary/aromatic N) is 4. The molecule has 2 atom stereocenters. The van der Waals surface area contributed by atoms with Gasteiger partial charge in [-0.05, 0) is 18.1 Å². The second-order valence-electron chi connectivity index (χ2n) is 5.22. The zero-order valence-electron chi connectivity index (χ0n) is 11.7. The molecule has 1 aromatic heterocycles. The molecule has 2 aliphatic rings. The topological polar surface area (TPSA) is 93.6 Å². The van der Waals surface area contributed by atoms with Gasteiger partial charge in [-0.3, -0.25) is 4.79 Å². The van der Waals surface area contributed by atoms with Crippen molar-refractivity contribution in [1.82, 2.24) is 9.97 Å². The Morgan fingerprint density at radius 3 is 2.81 bits per heavy atom. The van der Waals surface area contributed by atoms with Gasteiger partial charge in [-0.25, -0.2) is 15.0 Å². The van der Waals surface area contributed by atoms with Gasteiger partial charge >= 0.3 is 0 Å². The molecule has 3 heterocycles. The molecule has 7 heteroatoms. The number of hydrogen-bond donors (Lipinski definition) is 1. The number of allylic oxidation sites excluding steroid dienone is 1. The molecular formula is C14H15N5OS. The predicted octanol–water partition coefficient (Wildman–Crippen LogP) is 1.30. The lowest BCUT2D eigenvalue weighted by Crippen LogP contribution is -2.39. The van der Waals surface area contributed by atoms with Gasteiger partial charge in [-0.1, -0.05) is 13.8 Å². The second-order valence-corrected chi connectivity index (χ2v) is 6.36. The maximum absolute atomic E-state index is 12.2. The van der Waals surface area contributed by atoms with Crippen LogP contribution in [0.5, 0.6) is 0 Å². The van der Waals surface area contributed by atoms with E-state index in [1.165, 1.54) is 18.1 Å². The molecule has 1 amide bonds. The van der Waals surface area contributed by atoms with Gasteiger partial charge < -0.3 is 5.73 Å². The number of aromatic nitrogens is 2. The third kappa shape index (κ3) is 2.66. The summed E-state index contributed by atoms with van der Waals surface area (Å²) in [6, 6.07) is 1.48. The van der Waals surface area contributed by atoms with Crippen molar-refractivity contribution in [2.75, 3.05) is 0 Å². The smallest absolute Gasteiger partial charge is 0.267 e. The quantitative estimate of drug-likeness (QED) is 0.908. The third-order valence-electron chi connectivity index (χ3n) is 3.34. The Morgan fingerprint density at radius 1 is 1.33 bits per heavy atom. The third-order valence-corrected chi connectivity index (χ3v) is 4.60. The number of nitrogens with two attached hydrogens (primary N) is 1. The SMILES string of the molecule is CC(C)[C@H](N)C1=NC(=O)C2SC(c3ccncn3)=CC2=N1. The summed E-state index contributed by atoms with van der Waals surface area (Å²) in [4.78, 5) is 29.7. The lowest BCUT2D eigenvalue weighted by molar-refractivity contribution is -0.116. The number of hydrogen-bond acceptors (Lipinski definition) is 6. The van der Waals surface area contributed by atoms with Crippen LogP contribution in [0.15, 0.2) is 34.7 Å². The Bertz CT molecular complexity index is 665. The Hall–Kier alpha value is -1.86. The van der Waals surface area contributed by atoms with Crippen molar-refractivity contribution in [1.29, 1.82) is 0 Å². The van der Waals surface area contributed by atoms with E-state index in [1.807, 2.05) is 26.0 Å². The van der Waals surface area contributed by atoms with Gasteiger partial charge in [0.1, 0.15) is 17.4 Å². The summed E-state index contributed by atoms with van der Waals surface area (Å²) in [5.74, 6) is 0.398. The van der Waals surface area contributed by atoms with Crippen molar-refractivity contribution >= 4 is 34.1 Å². The van der Waals surface area contributed by atoms with E-state index in [2.05, 4.69) is 20.0 Å². The van der Waals surface area contributed by atoms with E-state index in [0.29, 0.717) is 11.5 Å². The summed E-state index contributed by atoms with van der Waals surface area (Å²) in [5.41, 5.74) is 7.54. The molecule has 108 valence electrons. The Morgan fingerprint density at radius 2 is 2.14 bits per heavy atom. The number of rotatable bonds is 3. The van der Waals surface area contributed by atoms with Crippen molar-refractivity contribution < 1.29 is 4.79 Å². The molecule has 0 bridgehead atoms. The molecule has 1 aromatic rings. The Labute approximate surface area is 126 Å². The molecular weight excluding hydrogens is 286 g/mol. The standard InChI is InChI=1S/C14H15N5OS/c1-7(2)11(15)13-18-9-5-10(8-3-4-16-6-17-8)21-12(9)14(20)19-13/h3-7,11-12H,15H2,1-2H3/t11-,12?/m0/s1. The fourth-order valence-electron chi connectivity index (χ4n) is 2.05. The molecule has 6 nitrogen and oxygen atoms in total. The zero-order valence-corrected chi connectivity index (χ0v) is 12.5. The van der Waals surface area contributed by atoms with Gasteiger partial charge in [-0.15, -0.1) is 11.8 Å². The van der Waals surface area contributed by atoms with Crippen LogP contribution >= 0.6 is 11.8 Å². The highest BCUT2D eigenvalue weighted by Gasteiger charge is 2.36. The van der Waals surface area contributed by atoms with Crippen LogP contribution in [0.3, 0.4) is 0 Å². The van der Waals surface area contributed by atoms with Gasteiger partial charge in [0.25, 0.3) is 5.91 Å². The molecule has 2 aliphatic heterocycles. The van der Waals surface area contributed by atoms with E-state index in [-0.39, 0.29) is 23.1 Å². The number of thioether (sulfide) groups is 1. The van der Waals surface area contributed by atoms with Crippen molar-refractivity contribution in [3.63, 3.8) is 0 Å². The first-order valence-corrected chi connectivity index (χ1v) is 7.55. The summed E-state index contributed by atoms with van der Waals surface area (Å²) in [6.45, 7) is 3.96. The van der Waals surface area contributed by atoms with Gasteiger partial charge in [0.2, 0.25) is 0 Å². The van der Waals surface area contributed by atoms with E-state index in [1.54, 1.807) is 6.20 Å². The predicted molar refractivity (Wildman–Crippen MR) is 84.1 cm³/mol. The van der Waals surface area contributed by atoms with Crippen LogP contribution in [-0.2, 0) is 4.79 Å². The molecule has 0 aromatic carbocycles. The van der Waals surface area contributed by atoms with Crippen LogP contribution < -0.4 is 5.73 Å². The average molecular weight is 301 g/mol. The van der Waals surface area contributed by atoms with Crippen LogP contribution in [0.2, 0.25) is 0 Å². The highest BCUT2D eigenvalue weighted by Crippen LogP contribution is 2.38. The number of carbonyl (C=O) groups is 1. The Balaban J connectivity index is 1.93. The molecule has 0 spiro atoms. The summed E-state index contributed by atoms with van der Waals surface area (Å²) < 4.78 is 0. The minimum Gasteiger partial charge on any atom is -0.321 e. The fourth-order valence-corrected chi connectivity index (χ4v) is 3.13. The zero-order chi connectivity index (χ0) is 15.0. The maximum Gasteiger partial charge on any atom is 0.267 e. The van der Waals surface area contributed by atoms with E-state index in [9.17, 15) is 4.79 Å². The first-order valence-electron chi connectivity index (χ1n) is 6.67. The molecule has 0 fully saturated rings.